The number of nitrogens with zero attached hydrogens (tertiary/aromatic N) is 1. The van der Waals surface area contributed by atoms with Gasteiger partial charge in [-0.1, -0.05) is 0 Å². The number of rotatable bonds is 3. The van der Waals surface area contributed by atoms with Crippen LogP contribution in [0.5, 0.6) is 0 Å². The molecule has 0 aliphatic rings. The zero-order valence-electron chi connectivity index (χ0n) is 8.95. The first kappa shape index (κ1) is 12.7. The number of carbonyl (C=O) groups is 1. The number of thiophene rings is 1. The van der Waals surface area contributed by atoms with Crippen molar-refractivity contribution in [2.24, 2.45) is 0 Å². The number of likely N-dealkylation sites (N-methyl/N-ethyl adjacent to an activating group) is 1. The fraction of sp³-hybridized carbons (Fsp3) is 0.500. The molecule has 3 nitrogen and oxygen atoms in total. The van der Waals surface area contributed by atoms with Crippen LogP contribution in [0, 0.1) is 0 Å². The van der Waals surface area contributed by atoms with Gasteiger partial charge in [0.1, 0.15) is 0 Å². The summed E-state index contributed by atoms with van der Waals surface area (Å²) in [5.41, 5.74) is -0.212. The van der Waals surface area contributed by atoms with Crippen LogP contribution in [0.1, 0.15) is 24.2 Å². The van der Waals surface area contributed by atoms with E-state index in [2.05, 4.69) is 15.9 Å². The lowest BCUT2D eigenvalue weighted by Crippen LogP contribution is -2.39. The van der Waals surface area contributed by atoms with E-state index in [0.717, 1.165) is 3.79 Å². The highest BCUT2D eigenvalue weighted by atomic mass is 79.9. The molecule has 1 N–H and O–H groups in total. The molecule has 1 aromatic heterocycles. The van der Waals surface area contributed by atoms with Gasteiger partial charge in [-0.3, -0.25) is 4.79 Å². The van der Waals surface area contributed by atoms with Crippen molar-refractivity contribution in [3.63, 3.8) is 0 Å². The van der Waals surface area contributed by atoms with Crippen LogP contribution < -0.4 is 0 Å². The van der Waals surface area contributed by atoms with Crippen molar-refractivity contribution < 1.29 is 9.90 Å². The zero-order chi connectivity index (χ0) is 11.6. The summed E-state index contributed by atoms with van der Waals surface area (Å²) in [5.74, 6) is -0.0703. The van der Waals surface area contributed by atoms with Crippen LogP contribution in [0.25, 0.3) is 0 Å². The maximum absolute atomic E-state index is 11.8. The standard InChI is InChI=1S/C10H14BrNO2S/c1-10(2,14)6-12(3)9(13)7-4-8(11)15-5-7/h4-5,14H,6H2,1-3H3. The van der Waals surface area contributed by atoms with E-state index in [9.17, 15) is 9.90 Å². The topological polar surface area (TPSA) is 40.5 Å². The van der Waals surface area contributed by atoms with Crippen molar-refractivity contribution in [1.29, 1.82) is 0 Å². The highest BCUT2D eigenvalue weighted by Crippen LogP contribution is 2.21. The minimum atomic E-state index is -0.863. The normalized spacial score (nSPS) is 11.5. The summed E-state index contributed by atoms with van der Waals surface area (Å²) in [6.07, 6.45) is 0. The molecule has 15 heavy (non-hydrogen) atoms. The van der Waals surface area contributed by atoms with Gasteiger partial charge in [0.2, 0.25) is 0 Å². The van der Waals surface area contributed by atoms with Gasteiger partial charge in [0.05, 0.1) is 15.0 Å². The van der Waals surface area contributed by atoms with Gasteiger partial charge in [0.25, 0.3) is 5.91 Å². The Morgan fingerprint density at radius 2 is 2.27 bits per heavy atom. The first-order chi connectivity index (χ1) is 6.79. The molecule has 0 saturated carbocycles. The van der Waals surface area contributed by atoms with Gasteiger partial charge < -0.3 is 10.0 Å². The van der Waals surface area contributed by atoms with Crippen molar-refractivity contribution in [2.45, 2.75) is 19.4 Å². The van der Waals surface area contributed by atoms with E-state index in [4.69, 9.17) is 0 Å². The van der Waals surface area contributed by atoms with Crippen LogP contribution in [0.15, 0.2) is 15.2 Å². The molecular formula is C10H14BrNO2S. The van der Waals surface area contributed by atoms with Crippen molar-refractivity contribution in [3.8, 4) is 0 Å². The summed E-state index contributed by atoms with van der Waals surface area (Å²) >= 11 is 4.78. The molecule has 0 aliphatic carbocycles. The van der Waals surface area contributed by atoms with Gasteiger partial charge in [-0.05, 0) is 35.8 Å². The molecule has 1 heterocycles. The monoisotopic (exact) mass is 291 g/mol. The summed E-state index contributed by atoms with van der Waals surface area (Å²) in [5, 5.41) is 11.4. The fourth-order valence-corrected chi connectivity index (χ4v) is 2.43. The lowest BCUT2D eigenvalue weighted by atomic mass is 10.1. The largest absolute Gasteiger partial charge is 0.389 e. The molecule has 0 bridgehead atoms. The third-order valence-electron chi connectivity index (χ3n) is 1.79. The molecule has 5 heteroatoms. The van der Waals surface area contributed by atoms with Crippen LogP contribution in [-0.2, 0) is 0 Å². The highest BCUT2D eigenvalue weighted by molar-refractivity contribution is 9.11. The van der Waals surface area contributed by atoms with Crippen molar-refractivity contribution >= 4 is 33.2 Å². The van der Waals surface area contributed by atoms with E-state index in [0.29, 0.717) is 12.1 Å². The Balaban J connectivity index is 2.69. The van der Waals surface area contributed by atoms with Crippen LogP contribution in [0.4, 0.5) is 0 Å². The van der Waals surface area contributed by atoms with Crippen LogP contribution in [0.3, 0.4) is 0 Å². The average Bonchev–Trinajstić information content (AvgIpc) is 2.47. The molecule has 0 fully saturated rings. The van der Waals surface area contributed by atoms with E-state index >= 15 is 0 Å². The smallest absolute Gasteiger partial charge is 0.254 e. The van der Waals surface area contributed by atoms with Gasteiger partial charge in [-0.15, -0.1) is 11.3 Å². The Labute approximate surface area is 102 Å². The number of carbonyl (C=O) groups excluding carboxylic acids is 1. The van der Waals surface area contributed by atoms with Crippen molar-refractivity contribution in [1.82, 2.24) is 4.90 Å². The molecule has 1 rings (SSSR count). The Kier molecular flexibility index (Phi) is 3.92. The lowest BCUT2D eigenvalue weighted by Gasteiger charge is -2.25. The molecule has 0 aromatic carbocycles. The quantitative estimate of drug-likeness (QED) is 0.929. The summed E-state index contributed by atoms with van der Waals surface area (Å²) < 4.78 is 0.933. The first-order valence-corrected chi connectivity index (χ1v) is 6.19. The Morgan fingerprint density at radius 3 is 2.67 bits per heavy atom. The van der Waals surface area contributed by atoms with Crippen molar-refractivity contribution in [2.75, 3.05) is 13.6 Å². The summed E-state index contributed by atoms with van der Waals surface area (Å²) in [4.78, 5) is 13.4. The van der Waals surface area contributed by atoms with Gasteiger partial charge in [-0.25, -0.2) is 0 Å². The average molecular weight is 292 g/mol. The maximum Gasteiger partial charge on any atom is 0.254 e. The van der Waals surface area contributed by atoms with E-state index in [1.165, 1.54) is 16.2 Å². The number of aliphatic hydroxyl groups is 1. The number of halogens is 1. The van der Waals surface area contributed by atoms with E-state index in [-0.39, 0.29) is 5.91 Å². The predicted octanol–water partition coefficient (Wildman–Crippen LogP) is 2.35. The predicted molar refractivity (Wildman–Crippen MR) is 65.3 cm³/mol. The molecule has 0 saturated heterocycles. The van der Waals surface area contributed by atoms with Gasteiger partial charge in [0, 0.05) is 19.0 Å². The van der Waals surface area contributed by atoms with Crippen LogP contribution >= 0.6 is 27.3 Å². The maximum atomic E-state index is 11.8. The van der Waals surface area contributed by atoms with Gasteiger partial charge in [0.15, 0.2) is 0 Å². The summed E-state index contributed by atoms with van der Waals surface area (Å²) in [6.45, 7) is 3.68. The minimum Gasteiger partial charge on any atom is -0.389 e. The Bertz CT molecular complexity index is 357. The van der Waals surface area contributed by atoms with Crippen LogP contribution in [0.2, 0.25) is 0 Å². The number of amides is 1. The van der Waals surface area contributed by atoms with Crippen molar-refractivity contribution in [3.05, 3.63) is 20.8 Å². The first-order valence-electron chi connectivity index (χ1n) is 4.51. The fourth-order valence-electron chi connectivity index (χ4n) is 1.29. The Morgan fingerprint density at radius 1 is 1.67 bits per heavy atom. The SMILES string of the molecule is CN(CC(C)(C)O)C(=O)c1csc(Br)c1. The minimum absolute atomic E-state index is 0.0703. The molecule has 0 radical (unpaired) electrons. The van der Waals surface area contributed by atoms with Gasteiger partial charge >= 0.3 is 0 Å². The molecule has 1 aromatic rings. The summed E-state index contributed by atoms with van der Waals surface area (Å²) in [7, 11) is 1.69. The van der Waals surface area contributed by atoms with Crippen LogP contribution in [-0.4, -0.2) is 35.1 Å². The number of hydrogen-bond acceptors (Lipinski definition) is 3. The van der Waals surface area contributed by atoms with Gasteiger partial charge in [-0.2, -0.15) is 0 Å². The second kappa shape index (κ2) is 4.63. The molecular weight excluding hydrogens is 278 g/mol. The molecule has 0 aliphatic heterocycles. The highest BCUT2D eigenvalue weighted by Gasteiger charge is 2.20. The molecule has 0 unspecified atom stereocenters. The zero-order valence-corrected chi connectivity index (χ0v) is 11.4. The van der Waals surface area contributed by atoms with E-state index < -0.39 is 5.60 Å². The van der Waals surface area contributed by atoms with E-state index in [1.807, 2.05) is 0 Å². The second-order valence-corrected chi connectivity index (χ2v) is 6.40. The third kappa shape index (κ3) is 3.93. The molecule has 0 spiro atoms. The second-order valence-electron chi connectivity index (χ2n) is 4.11. The van der Waals surface area contributed by atoms with E-state index in [1.54, 1.807) is 32.3 Å². The molecule has 1 amide bonds. The molecule has 0 atom stereocenters. The molecule has 84 valence electrons. The Hall–Kier alpha value is -0.390. The third-order valence-corrected chi connectivity index (χ3v) is 3.29. The lowest BCUT2D eigenvalue weighted by molar-refractivity contribution is 0.0368. The summed E-state index contributed by atoms with van der Waals surface area (Å²) in [6, 6.07) is 1.79. The number of hydrogen-bond donors (Lipinski definition) is 1.